The zero-order valence-electron chi connectivity index (χ0n) is 14.7. The van der Waals surface area contributed by atoms with Gasteiger partial charge >= 0.3 is 0 Å². The lowest BCUT2D eigenvalue weighted by atomic mass is 10.3. The molecule has 1 saturated heterocycles. The van der Waals surface area contributed by atoms with E-state index < -0.39 is 10.0 Å². The van der Waals surface area contributed by atoms with Crippen LogP contribution in [-0.2, 0) is 16.6 Å². The molecule has 27 heavy (non-hydrogen) atoms. The monoisotopic (exact) mass is 404 g/mol. The Morgan fingerprint density at radius 2 is 2.00 bits per heavy atom. The van der Waals surface area contributed by atoms with Crippen LogP contribution in [0.4, 0.5) is 0 Å². The molecule has 0 aromatic carbocycles. The average molecular weight is 405 g/mol. The molecule has 142 valence electrons. The van der Waals surface area contributed by atoms with Gasteiger partial charge in [0.1, 0.15) is 16.2 Å². The van der Waals surface area contributed by atoms with Gasteiger partial charge in [0.25, 0.3) is 10.0 Å². The maximum absolute atomic E-state index is 13.0. The molecule has 0 saturated carbocycles. The lowest BCUT2D eigenvalue weighted by Gasteiger charge is -2.21. The van der Waals surface area contributed by atoms with Gasteiger partial charge in [-0.05, 0) is 37.2 Å². The summed E-state index contributed by atoms with van der Waals surface area (Å²) in [5.41, 5.74) is 1.66. The molecule has 0 aliphatic carbocycles. The van der Waals surface area contributed by atoms with E-state index in [1.165, 1.54) is 17.6 Å². The number of hydrogen-bond acceptors (Lipinski definition) is 7. The molecule has 0 spiro atoms. The maximum Gasteiger partial charge on any atom is 0.252 e. The molecule has 1 aliphatic heterocycles. The summed E-state index contributed by atoms with van der Waals surface area (Å²) in [6.45, 7) is 3.29. The maximum atomic E-state index is 13.0. The minimum atomic E-state index is -3.50. The van der Waals surface area contributed by atoms with Gasteiger partial charge in [-0.25, -0.2) is 8.42 Å². The van der Waals surface area contributed by atoms with Crippen LogP contribution in [0.1, 0.15) is 12.1 Å². The predicted molar refractivity (Wildman–Crippen MR) is 103 cm³/mol. The van der Waals surface area contributed by atoms with Crippen molar-refractivity contribution in [3.63, 3.8) is 0 Å². The van der Waals surface area contributed by atoms with Crippen LogP contribution in [0, 0.1) is 0 Å². The zero-order chi connectivity index (χ0) is 18.7. The van der Waals surface area contributed by atoms with Gasteiger partial charge in [0, 0.05) is 38.4 Å². The molecule has 0 bridgehead atoms. The summed E-state index contributed by atoms with van der Waals surface area (Å²) in [5.74, 6) is 0. The van der Waals surface area contributed by atoms with Gasteiger partial charge in [-0.15, -0.1) is 11.3 Å². The third kappa shape index (κ3) is 4.11. The minimum absolute atomic E-state index is 0.346. The van der Waals surface area contributed by atoms with E-state index in [1.807, 2.05) is 18.2 Å². The summed E-state index contributed by atoms with van der Waals surface area (Å²) >= 11 is 1.23. The quantitative estimate of drug-likeness (QED) is 0.651. The zero-order valence-corrected chi connectivity index (χ0v) is 16.3. The first kappa shape index (κ1) is 18.3. The molecular weight excluding hydrogens is 384 g/mol. The third-order valence-corrected chi connectivity index (χ3v) is 8.00. The number of pyridine rings is 1. The second kappa shape index (κ2) is 7.89. The summed E-state index contributed by atoms with van der Waals surface area (Å²) < 4.78 is 32.9. The third-order valence-electron chi connectivity index (χ3n) is 4.53. The highest BCUT2D eigenvalue weighted by Crippen LogP contribution is 2.31. The van der Waals surface area contributed by atoms with Crippen LogP contribution in [0.2, 0.25) is 0 Å². The van der Waals surface area contributed by atoms with Crippen molar-refractivity contribution in [3.05, 3.63) is 54.6 Å². The van der Waals surface area contributed by atoms with E-state index in [4.69, 9.17) is 4.52 Å². The molecule has 7 nitrogen and oxygen atoms in total. The Hall–Kier alpha value is -2.07. The molecule has 0 unspecified atom stereocenters. The highest BCUT2D eigenvalue weighted by atomic mass is 32.2. The first-order valence-electron chi connectivity index (χ1n) is 8.76. The van der Waals surface area contributed by atoms with Crippen LogP contribution in [0.15, 0.2) is 57.6 Å². The Morgan fingerprint density at radius 3 is 2.78 bits per heavy atom. The normalized spacial score (nSPS) is 17.0. The Labute approximate surface area is 162 Å². The lowest BCUT2D eigenvalue weighted by Crippen LogP contribution is -2.34. The molecule has 3 aromatic rings. The Balaban J connectivity index is 1.45. The van der Waals surface area contributed by atoms with E-state index in [0.717, 1.165) is 30.1 Å². The van der Waals surface area contributed by atoms with Crippen molar-refractivity contribution in [2.24, 2.45) is 0 Å². The number of nitrogens with zero attached hydrogens (tertiary/aromatic N) is 4. The van der Waals surface area contributed by atoms with Gasteiger partial charge in [-0.3, -0.25) is 9.88 Å². The highest BCUT2D eigenvalue weighted by molar-refractivity contribution is 7.91. The van der Waals surface area contributed by atoms with Crippen molar-refractivity contribution in [1.29, 1.82) is 0 Å². The Kier molecular flexibility index (Phi) is 5.35. The first-order chi connectivity index (χ1) is 13.1. The van der Waals surface area contributed by atoms with Crippen LogP contribution in [0.5, 0.6) is 0 Å². The standard InChI is InChI=1S/C18H20N4O3S2/c23-27(24,18-6-5-17(26-18)16-7-13-25-20-16)22-10-3-9-21(11-12-22)14-15-4-1-2-8-19-15/h1-2,4-8,13H,3,9-12,14H2. The SMILES string of the molecule is O=S(=O)(c1ccc(-c2ccon2)s1)N1CCCN(Cc2ccccn2)CC1. The molecule has 1 fully saturated rings. The molecule has 3 aromatic heterocycles. The number of rotatable bonds is 5. The molecule has 4 rings (SSSR count). The summed E-state index contributed by atoms with van der Waals surface area (Å²) in [6.07, 6.45) is 4.06. The van der Waals surface area contributed by atoms with E-state index in [1.54, 1.807) is 28.7 Å². The van der Waals surface area contributed by atoms with E-state index in [0.29, 0.717) is 29.5 Å². The highest BCUT2D eigenvalue weighted by Gasteiger charge is 2.28. The molecular formula is C18H20N4O3S2. The fraction of sp³-hybridized carbons (Fsp3) is 0.333. The van der Waals surface area contributed by atoms with Crippen molar-refractivity contribution >= 4 is 21.4 Å². The number of thiophene rings is 1. The van der Waals surface area contributed by atoms with Crippen LogP contribution in [0.25, 0.3) is 10.6 Å². The largest absolute Gasteiger partial charge is 0.364 e. The van der Waals surface area contributed by atoms with E-state index in [9.17, 15) is 8.42 Å². The fourth-order valence-electron chi connectivity index (χ4n) is 3.13. The predicted octanol–water partition coefficient (Wildman–Crippen LogP) is 2.69. The average Bonchev–Trinajstić information content (AvgIpc) is 3.32. The summed E-state index contributed by atoms with van der Waals surface area (Å²) in [5, 5.41) is 3.87. The molecule has 9 heteroatoms. The van der Waals surface area contributed by atoms with E-state index in [2.05, 4.69) is 15.0 Å². The summed E-state index contributed by atoms with van der Waals surface area (Å²) in [4.78, 5) is 7.40. The fourth-order valence-corrected chi connectivity index (χ4v) is 6.02. The number of hydrogen-bond donors (Lipinski definition) is 0. The molecule has 0 radical (unpaired) electrons. The van der Waals surface area contributed by atoms with Gasteiger partial charge < -0.3 is 4.52 Å². The first-order valence-corrected chi connectivity index (χ1v) is 11.0. The molecule has 4 heterocycles. The van der Waals surface area contributed by atoms with Crippen LogP contribution < -0.4 is 0 Å². The van der Waals surface area contributed by atoms with Gasteiger partial charge in [0.05, 0.1) is 10.6 Å². The van der Waals surface area contributed by atoms with Crippen molar-refractivity contribution in [1.82, 2.24) is 19.3 Å². The molecule has 0 N–H and O–H groups in total. The summed E-state index contributed by atoms with van der Waals surface area (Å²) in [7, 11) is -3.50. The smallest absolute Gasteiger partial charge is 0.252 e. The van der Waals surface area contributed by atoms with Gasteiger partial charge in [0.2, 0.25) is 0 Å². The molecule has 1 aliphatic rings. The van der Waals surface area contributed by atoms with Crippen molar-refractivity contribution in [2.45, 2.75) is 17.2 Å². The van der Waals surface area contributed by atoms with Gasteiger partial charge in [-0.1, -0.05) is 11.2 Å². The minimum Gasteiger partial charge on any atom is -0.364 e. The second-order valence-corrected chi connectivity index (χ2v) is 9.61. The topological polar surface area (TPSA) is 79.5 Å². The van der Waals surface area contributed by atoms with Crippen molar-refractivity contribution in [3.8, 4) is 10.6 Å². The number of sulfonamides is 1. The van der Waals surface area contributed by atoms with Gasteiger partial charge in [0.15, 0.2) is 0 Å². The van der Waals surface area contributed by atoms with E-state index in [-0.39, 0.29) is 0 Å². The van der Waals surface area contributed by atoms with E-state index >= 15 is 0 Å². The molecule has 0 amide bonds. The van der Waals surface area contributed by atoms with Crippen molar-refractivity contribution < 1.29 is 12.9 Å². The molecule has 0 atom stereocenters. The lowest BCUT2D eigenvalue weighted by molar-refractivity contribution is 0.275. The Bertz CT molecular complexity index is 971. The summed E-state index contributed by atoms with van der Waals surface area (Å²) in [6, 6.07) is 11.0. The van der Waals surface area contributed by atoms with Gasteiger partial charge in [-0.2, -0.15) is 4.31 Å². The number of aromatic nitrogens is 2. The van der Waals surface area contributed by atoms with Crippen LogP contribution in [-0.4, -0.2) is 53.9 Å². The van der Waals surface area contributed by atoms with Crippen molar-refractivity contribution in [2.75, 3.05) is 26.2 Å². The van der Waals surface area contributed by atoms with Crippen LogP contribution in [0.3, 0.4) is 0 Å². The second-order valence-electron chi connectivity index (χ2n) is 6.36. The van der Waals surface area contributed by atoms with Crippen LogP contribution >= 0.6 is 11.3 Å². The Morgan fingerprint density at radius 1 is 1.07 bits per heavy atom.